The maximum Gasteiger partial charge on any atom is 0.283 e. The van der Waals surface area contributed by atoms with Crippen molar-refractivity contribution in [3.63, 3.8) is 0 Å². The third kappa shape index (κ3) is 4.87. The molecule has 0 radical (unpaired) electrons. The molecule has 2 aliphatic rings. The zero-order valence-electron chi connectivity index (χ0n) is 17.9. The van der Waals surface area contributed by atoms with E-state index in [2.05, 4.69) is 11.9 Å². The monoisotopic (exact) mass is 489 g/mol. The second kappa shape index (κ2) is 10.1. The molecule has 4 rings (SSSR count). The minimum atomic E-state index is -0.249. The second-order valence-corrected chi connectivity index (χ2v) is 9.95. The Morgan fingerprint density at radius 1 is 1.38 bits per heavy atom. The van der Waals surface area contributed by atoms with E-state index in [0.29, 0.717) is 27.3 Å². The summed E-state index contributed by atoms with van der Waals surface area (Å²) in [6.07, 6.45) is 4.99. The Labute approximate surface area is 200 Å². The number of halogens is 1. The van der Waals surface area contributed by atoms with Gasteiger partial charge < -0.3 is 9.64 Å². The number of rotatable bonds is 5. The van der Waals surface area contributed by atoms with Crippen LogP contribution in [0.5, 0.6) is 5.75 Å². The number of hydrogen-bond donors (Lipinski definition) is 0. The fraction of sp³-hybridized carbons (Fsp3) is 0.348. The van der Waals surface area contributed by atoms with Crippen LogP contribution in [-0.4, -0.2) is 47.3 Å². The number of ether oxygens (including phenoxy) is 1. The summed E-state index contributed by atoms with van der Waals surface area (Å²) in [4.78, 5) is 35.1. The highest BCUT2D eigenvalue weighted by Gasteiger charge is 2.33. The van der Waals surface area contributed by atoms with Crippen molar-refractivity contribution in [3.05, 3.63) is 51.3 Å². The number of hydrogen-bond acceptors (Lipinski definition) is 6. The van der Waals surface area contributed by atoms with Crippen molar-refractivity contribution in [2.24, 2.45) is 4.99 Å². The van der Waals surface area contributed by atoms with Gasteiger partial charge in [0.2, 0.25) is 5.91 Å². The van der Waals surface area contributed by atoms with Crippen LogP contribution in [0, 0.1) is 0 Å². The Morgan fingerprint density at radius 2 is 2.22 bits per heavy atom. The number of carbonyl (C=O) groups excluding carboxylic acids is 2. The van der Waals surface area contributed by atoms with Gasteiger partial charge in [-0.05, 0) is 61.9 Å². The first-order valence-electron chi connectivity index (χ1n) is 10.4. The Balaban J connectivity index is 1.60. The maximum absolute atomic E-state index is 13.3. The highest BCUT2D eigenvalue weighted by molar-refractivity contribution is 8.14. The largest absolute Gasteiger partial charge is 0.495 e. The van der Waals surface area contributed by atoms with Crippen LogP contribution in [0.15, 0.2) is 46.4 Å². The molecule has 9 heteroatoms. The fourth-order valence-corrected chi connectivity index (χ4v) is 5.60. The number of amidine groups is 1. The predicted octanol–water partition coefficient (Wildman–Crippen LogP) is 5.29. The molecule has 2 amide bonds. The molecule has 6 nitrogen and oxygen atoms in total. The lowest BCUT2D eigenvalue weighted by atomic mass is 10.0. The summed E-state index contributed by atoms with van der Waals surface area (Å²) in [7, 11) is 1.54. The van der Waals surface area contributed by atoms with Crippen LogP contribution in [-0.2, 0) is 9.59 Å². The summed E-state index contributed by atoms with van der Waals surface area (Å²) in [6, 6.07) is 9.26. The minimum Gasteiger partial charge on any atom is -0.495 e. The van der Waals surface area contributed by atoms with Gasteiger partial charge in [0.15, 0.2) is 5.17 Å². The second-order valence-electron chi connectivity index (χ2n) is 7.62. The number of likely N-dealkylation sites (tertiary alicyclic amines) is 1. The first-order chi connectivity index (χ1) is 15.5. The van der Waals surface area contributed by atoms with Crippen molar-refractivity contribution in [1.82, 2.24) is 4.90 Å². The SMILES string of the molecule is COc1ccc(N2C(=O)/C(=C\c3cccs3)N=C2SCC(=O)N2CCCC[C@H]2C)cc1Cl. The van der Waals surface area contributed by atoms with Gasteiger partial charge >= 0.3 is 0 Å². The standard InChI is InChI=1S/C23H24ClN3O3S2/c1-15-6-3-4-10-26(15)21(28)14-32-23-25-19(13-17-7-5-11-31-17)22(29)27(23)16-8-9-20(30-2)18(24)12-16/h5,7-9,11-13,15H,3-4,6,10,14H2,1-2H3/b19-13+/t15-/m1/s1. The number of nitrogens with zero attached hydrogens (tertiary/aromatic N) is 3. The third-order valence-corrected chi connectivity index (χ3v) is 7.53. The van der Waals surface area contributed by atoms with Gasteiger partial charge in [-0.25, -0.2) is 4.99 Å². The number of aliphatic imine (C=N–C) groups is 1. The molecule has 2 aliphatic heterocycles. The van der Waals surface area contributed by atoms with Crippen LogP contribution in [0.2, 0.25) is 5.02 Å². The molecule has 0 spiro atoms. The average Bonchev–Trinajstić information content (AvgIpc) is 3.40. The number of anilines is 1. The first-order valence-corrected chi connectivity index (χ1v) is 12.7. The summed E-state index contributed by atoms with van der Waals surface area (Å²) < 4.78 is 5.23. The number of benzene rings is 1. The molecule has 2 aromatic rings. The molecule has 0 aliphatic carbocycles. The van der Waals surface area contributed by atoms with Gasteiger partial charge in [0, 0.05) is 17.5 Å². The first kappa shape index (κ1) is 22.9. The van der Waals surface area contributed by atoms with Crippen LogP contribution in [0.25, 0.3) is 6.08 Å². The number of thiophene rings is 1. The van der Waals surface area contributed by atoms with E-state index in [9.17, 15) is 9.59 Å². The Bertz CT molecular complexity index is 1070. The molecule has 1 atom stereocenters. The number of amides is 2. The average molecular weight is 490 g/mol. The molecule has 168 valence electrons. The molecule has 0 saturated carbocycles. The van der Waals surface area contributed by atoms with E-state index >= 15 is 0 Å². The van der Waals surface area contributed by atoms with Crippen LogP contribution in [0.1, 0.15) is 31.1 Å². The summed E-state index contributed by atoms with van der Waals surface area (Å²) in [6.45, 7) is 2.87. The van der Waals surface area contributed by atoms with E-state index in [1.165, 1.54) is 28.0 Å². The molecular formula is C23H24ClN3O3S2. The van der Waals surface area contributed by atoms with Crippen LogP contribution >= 0.6 is 34.7 Å². The van der Waals surface area contributed by atoms with E-state index in [1.807, 2.05) is 22.4 Å². The molecule has 1 aromatic heterocycles. The summed E-state index contributed by atoms with van der Waals surface area (Å²) in [5.41, 5.74) is 0.918. The molecule has 3 heterocycles. The highest BCUT2D eigenvalue weighted by Crippen LogP contribution is 2.34. The van der Waals surface area contributed by atoms with Crippen molar-refractivity contribution < 1.29 is 14.3 Å². The van der Waals surface area contributed by atoms with Gasteiger partial charge in [0.05, 0.1) is 23.6 Å². The lowest BCUT2D eigenvalue weighted by Crippen LogP contribution is -2.43. The summed E-state index contributed by atoms with van der Waals surface area (Å²) in [5.74, 6) is 0.571. The van der Waals surface area contributed by atoms with Crippen molar-refractivity contribution in [2.75, 3.05) is 24.3 Å². The zero-order valence-corrected chi connectivity index (χ0v) is 20.3. The zero-order chi connectivity index (χ0) is 22.7. The lowest BCUT2D eigenvalue weighted by Gasteiger charge is -2.33. The maximum atomic E-state index is 13.3. The quantitative estimate of drug-likeness (QED) is 0.535. The van der Waals surface area contributed by atoms with Crippen LogP contribution in [0.3, 0.4) is 0 Å². The molecule has 32 heavy (non-hydrogen) atoms. The normalized spacial score (nSPS) is 20.1. The third-order valence-electron chi connectivity index (χ3n) is 5.49. The van der Waals surface area contributed by atoms with Crippen molar-refractivity contribution >= 4 is 63.4 Å². The van der Waals surface area contributed by atoms with Crippen molar-refractivity contribution in [1.29, 1.82) is 0 Å². The van der Waals surface area contributed by atoms with Gasteiger partial charge in [-0.3, -0.25) is 14.5 Å². The van der Waals surface area contributed by atoms with Crippen molar-refractivity contribution in [3.8, 4) is 5.75 Å². The molecule has 0 bridgehead atoms. The lowest BCUT2D eigenvalue weighted by molar-refractivity contribution is -0.131. The van der Waals surface area contributed by atoms with E-state index in [-0.39, 0.29) is 23.6 Å². The molecule has 1 saturated heterocycles. The molecule has 1 fully saturated rings. The van der Waals surface area contributed by atoms with Gasteiger partial charge in [0.1, 0.15) is 11.4 Å². The molecule has 0 unspecified atom stereocenters. The Kier molecular flexibility index (Phi) is 7.23. The van der Waals surface area contributed by atoms with Gasteiger partial charge in [-0.2, -0.15) is 0 Å². The van der Waals surface area contributed by atoms with E-state index in [0.717, 1.165) is 30.7 Å². The highest BCUT2D eigenvalue weighted by atomic mass is 35.5. The number of thioether (sulfide) groups is 1. The fourth-order valence-electron chi connectivity index (χ4n) is 3.80. The molecule has 1 aromatic carbocycles. The van der Waals surface area contributed by atoms with Crippen LogP contribution in [0.4, 0.5) is 5.69 Å². The Hall–Kier alpha value is -2.29. The van der Waals surface area contributed by atoms with Gasteiger partial charge in [-0.1, -0.05) is 29.4 Å². The predicted molar refractivity (Wildman–Crippen MR) is 133 cm³/mol. The number of methoxy groups -OCH3 is 1. The van der Waals surface area contributed by atoms with Crippen LogP contribution < -0.4 is 9.64 Å². The summed E-state index contributed by atoms with van der Waals surface area (Å²) >= 11 is 9.13. The topological polar surface area (TPSA) is 62.2 Å². The van der Waals surface area contributed by atoms with E-state index in [1.54, 1.807) is 31.4 Å². The van der Waals surface area contributed by atoms with Gasteiger partial charge in [0.25, 0.3) is 5.91 Å². The Morgan fingerprint density at radius 3 is 2.91 bits per heavy atom. The number of piperidine rings is 1. The smallest absolute Gasteiger partial charge is 0.283 e. The number of carbonyl (C=O) groups is 2. The van der Waals surface area contributed by atoms with E-state index < -0.39 is 0 Å². The minimum absolute atomic E-state index is 0.0701. The molecular weight excluding hydrogens is 466 g/mol. The molecule has 0 N–H and O–H groups in total. The van der Waals surface area contributed by atoms with E-state index in [4.69, 9.17) is 16.3 Å². The van der Waals surface area contributed by atoms with Crippen molar-refractivity contribution in [2.45, 2.75) is 32.2 Å². The van der Waals surface area contributed by atoms with Gasteiger partial charge in [-0.15, -0.1) is 11.3 Å². The summed E-state index contributed by atoms with van der Waals surface area (Å²) in [5, 5.41) is 2.82.